The zero-order valence-corrected chi connectivity index (χ0v) is 13.2. The number of amides is 1. The van der Waals surface area contributed by atoms with Crippen LogP contribution in [-0.2, 0) is 4.79 Å². The number of nitrogens with two attached hydrogens (primary N) is 1. The normalized spacial score (nSPS) is 11.4. The van der Waals surface area contributed by atoms with Crippen molar-refractivity contribution in [1.29, 1.82) is 0 Å². The van der Waals surface area contributed by atoms with Crippen LogP contribution in [0.25, 0.3) is 0 Å². The molecule has 0 aliphatic rings. The number of carbonyl (C=O) groups is 1. The zero-order valence-electron chi connectivity index (χ0n) is 12.4. The van der Waals surface area contributed by atoms with Crippen molar-refractivity contribution in [2.75, 3.05) is 19.0 Å². The predicted molar refractivity (Wildman–Crippen MR) is 86.0 cm³/mol. The molecule has 0 unspecified atom stereocenters. The Labute approximate surface area is 129 Å². The number of benzene rings is 1. The topological polar surface area (TPSA) is 88.7 Å². The zero-order chi connectivity index (χ0) is 15.8. The molecule has 6 nitrogen and oxygen atoms in total. The highest BCUT2D eigenvalue weighted by molar-refractivity contribution is 6.32. The van der Waals surface area contributed by atoms with E-state index in [9.17, 15) is 4.79 Å². The second-order valence-corrected chi connectivity index (χ2v) is 5.12. The lowest BCUT2D eigenvalue weighted by Gasteiger charge is -2.09. The molecule has 1 amide bonds. The van der Waals surface area contributed by atoms with Crippen LogP contribution in [-0.4, -0.2) is 31.6 Å². The number of nitrogens with one attached hydrogen (secondary N) is 2. The number of anilines is 1. The van der Waals surface area contributed by atoms with E-state index in [0.29, 0.717) is 29.4 Å². The van der Waals surface area contributed by atoms with Gasteiger partial charge in [-0.25, -0.2) is 0 Å². The summed E-state index contributed by atoms with van der Waals surface area (Å²) < 4.78 is 5.06. The molecule has 4 N–H and O–H groups in total. The molecule has 0 heterocycles. The third-order valence-corrected chi connectivity index (χ3v) is 2.79. The highest BCUT2D eigenvalue weighted by Crippen LogP contribution is 2.26. The van der Waals surface area contributed by atoms with Gasteiger partial charge in [-0.2, -0.15) is 0 Å². The van der Waals surface area contributed by atoms with E-state index in [2.05, 4.69) is 15.6 Å². The van der Waals surface area contributed by atoms with Crippen LogP contribution in [0.1, 0.15) is 20.3 Å². The average Bonchev–Trinajstić information content (AvgIpc) is 2.38. The quantitative estimate of drug-likeness (QED) is 0.553. The molecule has 7 heteroatoms. The second kappa shape index (κ2) is 8.36. The Hall–Kier alpha value is -1.95. The maximum atomic E-state index is 11.4. The van der Waals surface area contributed by atoms with Crippen LogP contribution in [0, 0.1) is 0 Å². The smallest absolute Gasteiger partial charge is 0.222 e. The van der Waals surface area contributed by atoms with Crippen molar-refractivity contribution in [3.05, 3.63) is 23.2 Å². The molecule has 0 aromatic heterocycles. The van der Waals surface area contributed by atoms with Crippen molar-refractivity contribution in [3.8, 4) is 5.75 Å². The lowest BCUT2D eigenvalue weighted by molar-refractivity contribution is -0.121. The Morgan fingerprint density at radius 3 is 2.76 bits per heavy atom. The number of aliphatic imine (C=N–C) groups is 1. The van der Waals surface area contributed by atoms with Gasteiger partial charge >= 0.3 is 0 Å². The standard InChI is InChI=1S/C14H21ClN4O2/c1-9(2)18-13(20)6-7-17-14(16)19-10-4-5-12(21-3)11(15)8-10/h4-5,8-9H,6-7H2,1-3H3,(H,18,20)(H3,16,17,19). The van der Waals surface area contributed by atoms with Gasteiger partial charge in [0.25, 0.3) is 0 Å². The number of nitrogens with zero attached hydrogens (tertiary/aromatic N) is 1. The molecule has 0 saturated carbocycles. The van der Waals surface area contributed by atoms with E-state index >= 15 is 0 Å². The number of hydrogen-bond donors (Lipinski definition) is 3. The van der Waals surface area contributed by atoms with E-state index in [1.54, 1.807) is 25.3 Å². The molecule has 1 aromatic rings. The monoisotopic (exact) mass is 312 g/mol. The molecule has 0 aliphatic carbocycles. The van der Waals surface area contributed by atoms with E-state index in [4.69, 9.17) is 22.1 Å². The molecule has 0 aliphatic heterocycles. The van der Waals surface area contributed by atoms with Crippen molar-refractivity contribution in [1.82, 2.24) is 5.32 Å². The van der Waals surface area contributed by atoms with E-state index in [0.717, 1.165) is 0 Å². The van der Waals surface area contributed by atoms with Gasteiger partial charge in [-0.05, 0) is 32.0 Å². The summed E-state index contributed by atoms with van der Waals surface area (Å²) in [5, 5.41) is 6.17. The van der Waals surface area contributed by atoms with Gasteiger partial charge in [-0.15, -0.1) is 0 Å². The van der Waals surface area contributed by atoms with Gasteiger partial charge in [0, 0.05) is 18.2 Å². The minimum atomic E-state index is -0.0472. The van der Waals surface area contributed by atoms with Gasteiger partial charge in [0.1, 0.15) is 5.75 Å². The first kappa shape index (κ1) is 17.1. The SMILES string of the molecule is COc1ccc(NC(N)=NCCC(=O)NC(C)C)cc1Cl. The molecule has 0 spiro atoms. The number of guanidine groups is 1. The van der Waals surface area contributed by atoms with Crippen molar-refractivity contribution < 1.29 is 9.53 Å². The first-order valence-electron chi connectivity index (χ1n) is 6.62. The Kier molecular flexibility index (Phi) is 6.81. The number of hydrogen-bond acceptors (Lipinski definition) is 3. The molecule has 0 radical (unpaired) electrons. The van der Waals surface area contributed by atoms with Gasteiger partial charge in [-0.3, -0.25) is 9.79 Å². The Bertz CT molecular complexity index is 518. The fraction of sp³-hybridized carbons (Fsp3) is 0.429. The predicted octanol–water partition coefficient (Wildman–Crippen LogP) is 1.99. The lowest BCUT2D eigenvalue weighted by atomic mass is 10.3. The summed E-state index contributed by atoms with van der Waals surface area (Å²) in [6, 6.07) is 5.32. The highest BCUT2D eigenvalue weighted by Gasteiger charge is 2.04. The molecule has 0 bridgehead atoms. The molecule has 0 atom stereocenters. The van der Waals surface area contributed by atoms with Crippen molar-refractivity contribution in [3.63, 3.8) is 0 Å². The van der Waals surface area contributed by atoms with E-state index in [-0.39, 0.29) is 17.9 Å². The third-order valence-electron chi connectivity index (χ3n) is 2.49. The van der Waals surface area contributed by atoms with Crippen LogP contribution in [0.3, 0.4) is 0 Å². The van der Waals surface area contributed by atoms with Crippen LogP contribution in [0.4, 0.5) is 5.69 Å². The van der Waals surface area contributed by atoms with Gasteiger partial charge in [0.2, 0.25) is 5.91 Å². The Morgan fingerprint density at radius 2 is 2.19 bits per heavy atom. The minimum absolute atomic E-state index is 0.0472. The number of halogens is 1. The van der Waals surface area contributed by atoms with Crippen molar-refractivity contribution in [2.45, 2.75) is 26.3 Å². The summed E-state index contributed by atoms with van der Waals surface area (Å²) in [5.41, 5.74) is 6.45. The highest BCUT2D eigenvalue weighted by atomic mass is 35.5. The van der Waals surface area contributed by atoms with Gasteiger partial charge in [0.15, 0.2) is 5.96 Å². The molecule has 1 aromatic carbocycles. The summed E-state index contributed by atoms with van der Waals surface area (Å²) in [4.78, 5) is 15.5. The summed E-state index contributed by atoms with van der Waals surface area (Å²) in [7, 11) is 1.55. The Balaban J connectivity index is 2.49. The molecular weight excluding hydrogens is 292 g/mol. The van der Waals surface area contributed by atoms with E-state index in [1.807, 2.05) is 13.8 Å². The van der Waals surface area contributed by atoms with Crippen LogP contribution < -0.4 is 21.1 Å². The molecular formula is C14H21ClN4O2. The van der Waals surface area contributed by atoms with E-state index in [1.165, 1.54) is 0 Å². The first-order valence-corrected chi connectivity index (χ1v) is 7.00. The fourth-order valence-corrected chi connectivity index (χ4v) is 1.86. The summed E-state index contributed by atoms with van der Waals surface area (Å²) in [6.45, 7) is 4.14. The maximum Gasteiger partial charge on any atom is 0.222 e. The molecule has 0 fully saturated rings. The average molecular weight is 313 g/mol. The molecule has 116 valence electrons. The largest absolute Gasteiger partial charge is 0.495 e. The van der Waals surface area contributed by atoms with Crippen LogP contribution in [0.15, 0.2) is 23.2 Å². The van der Waals surface area contributed by atoms with Gasteiger partial charge < -0.3 is 21.1 Å². The van der Waals surface area contributed by atoms with Crippen LogP contribution in [0.2, 0.25) is 5.02 Å². The fourth-order valence-electron chi connectivity index (χ4n) is 1.60. The molecule has 1 rings (SSSR count). The summed E-state index contributed by atoms with van der Waals surface area (Å²) in [5.74, 6) is 0.769. The number of carbonyl (C=O) groups excluding carboxylic acids is 1. The van der Waals surface area contributed by atoms with E-state index < -0.39 is 0 Å². The summed E-state index contributed by atoms with van der Waals surface area (Å²) >= 11 is 6.01. The van der Waals surface area contributed by atoms with Crippen molar-refractivity contribution >= 4 is 29.2 Å². The third kappa shape index (κ3) is 6.35. The molecule has 21 heavy (non-hydrogen) atoms. The second-order valence-electron chi connectivity index (χ2n) is 4.71. The maximum absolute atomic E-state index is 11.4. The lowest BCUT2D eigenvalue weighted by Crippen LogP contribution is -2.30. The van der Waals surface area contributed by atoms with Crippen molar-refractivity contribution in [2.24, 2.45) is 10.7 Å². The van der Waals surface area contributed by atoms with Crippen LogP contribution in [0.5, 0.6) is 5.75 Å². The van der Waals surface area contributed by atoms with Gasteiger partial charge in [0.05, 0.1) is 18.7 Å². The minimum Gasteiger partial charge on any atom is -0.495 e. The number of methoxy groups -OCH3 is 1. The molecule has 0 saturated heterocycles. The number of rotatable bonds is 6. The first-order chi connectivity index (χ1) is 9.92. The number of ether oxygens (including phenoxy) is 1. The van der Waals surface area contributed by atoms with Crippen LogP contribution >= 0.6 is 11.6 Å². The van der Waals surface area contributed by atoms with Gasteiger partial charge in [-0.1, -0.05) is 11.6 Å². The Morgan fingerprint density at radius 1 is 1.48 bits per heavy atom. The summed E-state index contributed by atoms with van der Waals surface area (Å²) in [6.07, 6.45) is 0.296.